The lowest BCUT2D eigenvalue weighted by molar-refractivity contribution is 0.645. The average molecular weight is 614 g/mol. The van der Waals surface area contributed by atoms with Crippen molar-refractivity contribution in [3.63, 3.8) is 0 Å². The third-order valence-electron chi connectivity index (χ3n) is 10.4. The van der Waals surface area contributed by atoms with E-state index in [2.05, 4.69) is 158 Å². The third kappa shape index (κ3) is 3.76. The largest absolute Gasteiger partial charge is 0.277 e. The Morgan fingerprint density at radius 2 is 1.12 bits per heavy atom. The molecule has 10 rings (SSSR count). The number of benzene rings is 7. The van der Waals surface area contributed by atoms with Crippen molar-refractivity contribution in [2.45, 2.75) is 19.3 Å². The van der Waals surface area contributed by atoms with Gasteiger partial charge in [0.1, 0.15) is 0 Å². The number of nitrogens with zero attached hydrogens (tertiary/aromatic N) is 3. The summed E-state index contributed by atoms with van der Waals surface area (Å²) >= 11 is 0. The highest BCUT2D eigenvalue weighted by Gasteiger charge is 2.35. The second kappa shape index (κ2) is 9.97. The maximum absolute atomic E-state index is 5.37. The lowest BCUT2D eigenvalue weighted by Gasteiger charge is -2.35. The van der Waals surface area contributed by atoms with Gasteiger partial charge in [0.25, 0.3) is 0 Å². The zero-order valence-corrected chi connectivity index (χ0v) is 26.8. The van der Waals surface area contributed by atoms with Gasteiger partial charge in [0.15, 0.2) is 0 Å². The second-order valence-electron chi connectivity index (χ2n) is 13.4. The zero-order valence-electron chi connectivity index (χ0n) is 26.8. The molecule has 0 saturated carbocycles. The first kappa shape index (κ1) is 27.1. The molecule has 0 aliphatic heterocycles. The first-order chi connectivity index (χ1) is 23.6. The van der Waals surface area contributed by atoms with Gasteiger partial charge in [-0.3, -0.25) is 4.57 Å². The molecule has 0 radical (unpaired) electrons. The van der Waals surface area contributed by atoms with Crippen molar-refractivity contribution in [2.75, 3.05) is 0 Å². The molecule has 2 aromatic heterocycles. The molecule has 0 atom stereocenters. The first-order valence-corrected chi connectivity index (χ1v) is 16.6. The fraction of sp³-hybridized carbons (Fsp3) is 0.0667. The van der Waals surface area contributed by atoms with Crippen LogP contribution < -0.4 is 0 Å². The van der Waals surface area contributed by atoms with Crippen molar-refractivity contribution in [2.24, 2.45) is 0 Å². The summed E-state index contributed by atoms with van der Waals surface area (Å²) in [6.07, 6.45) is 0. The fourth-order valence-electron chi connectivity index (χ4n) is 8.15. The lowest BCUT2D eigenvalue weighted by Crippen LogP contribution is -2.23. The molecule has 0 saturated heterocycles. The Bertz CT molecular complexity index is 2680. The van der Waals surface area contributed by atoms with E-state index in [9.17, 15) is 0 Å². The molecule has 3 heteroatoms. The van der Waals surface area contributed by atoms with E-state index in [1.54, 1.807) is 0 Å². The van der Waals surface area contributed by atoms with Crippen LogP contribution in [0.2, 0.25) is 0 Å². The van der Waals surface area contributed by atoms with Gasteiger partial charge in [-0.05, 0) is 45.0 Å². The van der Waals surface area contributed by atoms with Gasteiger partial charge in [-0.15, -0.1) is 0 Å². The molecular weight excluding hydrogens is 583 g/mol. The molecule has 3 nitrogen and oxygen atoms in total. The van der Waals surface area contributed by atoms with Gasteiger partial charge in [0.2, 0.25) is 5.95 Å². The van der Waals surface area contributed by atoms with Gasteiger partial charge in [-0.25, -0.2) is 9.97 Å². The van der Waals surface area contributed by atoms with E-state index in [0.717, 1.165) is 33.5 Å². The quantitative estimate of drug-likeness (QED) is 0.198. The summed E-state index contributed by atoms with van der Waals surface area (Å²) in [5.74, 6) is 0.665. The van der Waals surface area contributed by atoms with E-state index in [1.807, 2.05) is 12.1 Å². The van der Waals surface area contributed by atoms with Crippen molar-refractivity contribution >= 4 is 43.4 Å². The number of fused-ring (bicyclic) bond motifs is 8. The van der Waals surface area contributed by atoms with E-state index in [-0.39, 0.29) is 5.41 Å². The van der Waals surface area contributed by atoms with Crippen molar-refractivity contribution in [1.82, 2.24) is 14.5 Å². The van der Waals surface area contributed by atoms with Crippen LogP contribution in [0.3, 0.4) is 0 Å². The zero-order chi connectivity index (χ0) is 32.0. The fourth-order valence-corrected chi connectivity index (χ4v) is 8.15. The summed E-state index contributed by atoms with van der Waals surface area (Å²) in [4.78, 5) is 10.7. The minimum Gasteiger partial charge on any atom is -0.277 e. The monoisotopic (exact) mass is 613 g/mol. The number of rotatable bonds is 3. The maximum Gasteiger partial charge on any atom is 0.235 e. The molecule has 226 valence electrons. The Balaban J connectivity index is 1.43. The van der Waals surface area contributed by atoms with Crippen LogP contribution in [0.5, 0.6) is 0 Å². The molecule has 9 aromatic rings. The standard InChI is InChI=1S/C45H31N3/c1-45(2)35-22-12-11-21-33(35)42-40-31(19-13-23-36(40)45)26-39-41(42)34-25-24-28-14-9-10-20-32(28)43(34)48(39)44-46-37(29-15-5-3-6-16-29)27-38(47-44)30-17-7-4-8-18-30/h3-27H,1-2H3. The summed E-state index contributed by atoms with van der Waals surface area (Å²) in [6.45, 7) is 4.72. The molecule has 0 amide bonds. The van der Waals surface area contributed by atoms with Gasteiger partial charge in [-0.2, -0.15) is 0 Å². The summed E-state index contributed by atoms with van der Waals surface area (Å²) in [5.41, 5.74) is 11.3. The SMILES string of the molecule is CC1(C)c2ccccc2-c2c3c1cccc3cc1c2c2ccc3ccccc3c2n1-c1nc(-c2ccccc2)cc(-c2ccccc2)n1. The molecule has 0 N–H and O–H groups in total. The number of hydrogen-bond acceptors (Lipinski definition) is 2. The van der Waals surface area contributed by atoms with Gasteiger partial charge in [0, 0.05) is 38.3 Å². The highest BCUT2D eigenvalue weighted by atomic mass is 15.2. The van der Waals surface area contributed by atoms with Crippen LogP contribution >= 0.6 is 0 Å². The van der Waals surface area contributed by atoms with Crippen LogP contribution in [0.15, 0.2) is 152 Å². The van der Waals surface area contributed by atoms with Gasteiger partial charge in [0.05, 0.1) is 22.4 Å². The minimum atomic E-state index is -0.125. The highest BCUT2D eigenvalue weighted by Crippen LogP contribution is 2.53. The highest BCUT2D eigenvalue weighted by molar-refractivity contribution is 6.28. The maximum atomic E-state index is 5.37. The van der Waals surface area contributed by atoms with Crippen LogP contribution in [0.4, 0.5) is 0 Å². The van der Waals surface area contributed by atoms with E-state index in [0.29, 0.717) is 5.95 Å². The van der Waals surface area contributed by atoms with E-state index in [4.69, 9.17) is 9.97 Å². The molecule has 2 heterocycles. The van der Waals surface area contributed by atoms with Crippen LogP contribution in [-0.4, -0.2) is 14.5 Å². The molecule has 0 bridgehead atoms. The van der Waals surface area contributed by atoms with Crippen LogP contribution in [0, 0.1) is 0 Å². The lowest BCUT2D eigenvalue weighted by atomic mass is 9.68. The van der Waals surface area contributed by atoms with Crippen LogP contribution in [0.25, 0.3) is 82.9 Å². The van der Waals surface area contributed by atoms with Crippen molar-refractivity contribution in [1.29, 1.82) is 0 Å². The van der Waals surface area contributed by atoms with Gasteiger partial charge >= 0.3 is 0 Å². The topological polar surface area (TPSA) is 30.7 Å². The smallest absolute Gasteiger partial charge is 0.235 e. The Morgan fingerprint density at radius 1 is 0.500 bits per heavy atom. The van der Waals surface area contributed by atoms with E-state index in [1.165, 1.54) is 54.6 Å². The van der Waals surface area contributed by atoms with Crippen LogP contribution in [-0.2, 0) is 5.41 Å². The third-order valence-corrected chi connectivity index (χ3v) is 10.4. The normalized spacial score (nSPS) is 13.4. The Morgan fingerprint density at radius 3 is 1.88 bits per heavy atom. The average Bonchev–Trinajstić information content (AvgIpc) is 3.48. The number of hydrogen-bond donors (Lipinski definition) is 0. The molecule has 0 fully saturated rings. The molecule has 1 aliphatic carbocycles. The summed E-state index contributed by atoms with van der Waals surface area (Å²) < 4.78 is 2.33. The molecule has 7 aromatic carbocycles. The minimum absolute atomic E-state index is 0.125. The second-order valence-corrected chi connectivity index (χ2v) is 13.4. The summed E-state index contributed by atoms with van der Waals surface area (Å²) in [6, 6.07) is 54.4. The molecular formula is C45H31N3. The van der Waals surface area contributed by atoms with E-state index >= 15 is 0 Å². The van der Waals surface area contributed by atoms with Crippen molar-refractivity contribution < 1.29 is 0 Å². The summed E-state index contributed by atoms with van der Waals surface area (Å²) in [7, 11) is 0. The molecule has 0 unspecified atom stereocenters. The predicted octanol–water partition coefficient (Wildman–Crippen LogP) is 11.5. The predicted molar refractivity (Wildman–Crippen MR) is 200 cm³/mol. The molecule has 1 aliphatic rings. The first-order valence-electron chi connectivity index (χ1n) is 16.6. The number of aromatic nitrogens is 3. The van der Waals surface area contributed by atoms with E-state index < -0.39 is 0 Å². The van der Waals surface area contributed by atoms with Gasteiger partial charge < -0.3 is 0 Å². The van der Waals surface area contributed by atoms with Crippen molar-refractivity contribution in [3.8, 4) is 39.6 Å². The molecule has 48 heavy (non-hydrogen) atoms. The Labute approximate surface area is 278 Å². The summed E-state index contributed by atoms with van der Waals surface area (Å²) in [5, 5.41) is 7.39. The van der Waals surface area contributed by atoms with Crippen molar-refractivity contribution in [3.05, 3.63) is 163 Å². The molecule has 0 spiro atoms. The van der Waals surface area contributed by atoms with Crippen LogP contribution in [0.1, 0.15) is 25.0 Å². The Kier molecular flexibility index (Phi) is 5.63. The Hall–Kier alpha value is -6.06. The van der Waals surface area contributed by atoms with Gasteiger partial charge in [-0.1, -0.05) is 153 Å².